The van der Waals surface area contributed by atoms with Gasteiger partial charge in [-0.15, -0.1) is 10.2 Å². The van der Waals surface area contributed by atoms with Crippen LogP contribution in [0.3, 0.4) is 0 Å². The molecule has 4 heterocycles. The standard InChI is InChI=1S/C30H28F2N4O4S/c1-3-19(20-11-10-18(31)12-22(20)32)28-33-34-29(41-28)21-13-36-24-16-39-15-23(24)35(4-2)30(38)25(36)27(26(21)37)40-14-17-8-6-5-7-9-17/h5-13,19,23-24H,3-4,14-16H2,1-2H3. The number of nitrogens with zero attached hydrogens (tertiary/aromatic N) is 4. The molecular weight excluding hydrogens is 550 g/mol. The quantitative estimate of drug-likeness (QED) is 0.286. The lowest BCUT2D eigenvalue weighted by Gasteiger charge is -2.39. The van der Waals surface area contributed by atoms with Crippen molar-refractivity contribution in [2.24, 2.45) is 0 Å². The Balaban J connectivity index is 1.46. The van der Waals surface area contributed by atoms with Crippen LogP contribution < -0.4 is 10.2 Å². The average molecular weight is 579 g/mol. The van der Waals surface area contributed by atoms with Gasteiger partial charge in [-0.25, -0.2) is 8.78 Å². The van der Waals surface area contributed by atoms with Crippen molar-refractivity contribution in [1.29, 1.82) is 0 Å². The van der Waals surface area contributed by atoms with Gasteiger partial charge in [-0.3, -0.25) is 9.59 Å². The van der Waals surface area contributed by atoms with Crippen LogP contribution in [0.5, 0.6) is 5.75 Å². The van der Waals surface area contributed by atoms with E-state index < -0.39 is 23.0 Å². The number of pyridine rings is 1. The van der Waals surface area contributed by atoms with Crippen molar-refractivity contribution in [3.05, 3.63) is 98.4 Å². The third-order valence-corrected chi connectivity index (χ3v) is 8.79. The molecule has 8 nitrogen and oxygen atoms in total. The second kappa shape index (κ2) is 11.1. The van der Waals surface area contributed by atoms with Crippen LogP contribution in [0.25, 0.3) is 10.6 Å². The summed E-state index contributed by atoms with van der Waals surface area (Å²) in [6, 6.07) is 12.5. The summed E-state index contributed by atoms with van der Waals surface area (Å²) < 4.78 is 41.9. The predicted octanol–water partition coefficient (Wildman–Crippen LogP) is 5.18. The normalized spacial score (nSPS) is 18.7. The van der Waals surface area contributed by atoms with Crippen molar-refractivity contribution in [3.63, 3.8) is 0 Å². The Hall–Kier alpha value is -3.96. The van der Waals surface area contributed by atoms with Gasteiger partial charge < -0.3 is 18.9 Å². The molecule has 0 aliphatic carbocycles. The van der Waals surface area contributed by atoms with Gasteiger partial charge in [-0.2, -0.15) is 0 Å². The summed E-state index contributed by atoms with van der Waals surface area (Å²) in [4.78, 5) is 29.4. The van der Waals surface area contributed by atoms with Crippen LogP contribution in [0.15, 0.2) is 59.5 Å². The zero-order chi connectivity index (χ0) is 28.7. The third kappa shape index (κ3) is 4.82. The van der Waals surface area contributed by atoms with Crippen LogP contribution >= 0.6 is 11.3 Å². The van der Waals surface area contributed by atoms with E-state index in [9.17, 15) is 18.4 Å². The Morgan fingerprint density at radius 2 is 1.85 bits per heavy atom. The van der Waals surface area contributed by atoms with Gasteiger partial charge in [0.25, 0.3) is 5.91 Å². The van der Waals surface area contributed by atoms with Crippen LogP contribution in [0, 0.1) is 11.6 Å². The molecule has 41 heavy (non-hydrogen) atoms. The first-order valence-corrected chi connectivity index (χ1v) is 14.4. The minimum Gasteiger partial charge on any atom is -0.483 e. The first-order chi connectivity index (χ1) is 19.9. The lowest BCUT2D eigenvalue weighted by Crippen LogP contribution is -2.51. The summed E-state index contributed by atoms with van der Waals surface area (Å²) in [6.45, 7) is 5.12. The Morgan fingerprint density at radius 3 is 2.59 bits per heavy atom. The van der Waals surface area contributed by atoms with Crippen LogP contribution in [-0.4, -0.2) is 51.4 Å². The maximum absolute atomic E-state index is 14.7. The number of likely N-dealkylation sites (N-methyl/N-ethyl adjacent to an activating group) is 1. The Kier molecular flexibility index (Phi) is 7.39. The summed E-state index contributed by atoms with van der Waals surface area (Å²) in [6.07, 6.45) is 2.14. The van der Waals surface area contributed by atoms with E-state index in [1.165, 1.54) is 23.5 Å². The SMILES string of the molecule is CCC(c1nnc(-c2cn3c(c(OCc4ccccc4)c2=O)C(=O)N(CC)C2COCC23)s1)c1ccc(F)cc1F. The van der Waals surface area contributed by atoms with Gasteiger partial charge >= 0.3 is 0 Å². The smallest absolute Gasteiger partial charge is 0.274 e. The lowest BCUT2D eigenvalue weighted by atomic mass is 9.97. The minimum atomic E-state index is -0.662. The summed E-state index contributed by atoms with van der Waals surface area (Å²) in [5, 5.41) is 9.44. The number of benzene rings is 2. The highest BCUT2D eigenvalue weighted by atomic mass is 32.1. The zero-order valence-corrected chi connectivity index (χ0v) is 23.4. The average Bonchev–Trinajstić information content (AvgIpc) is 3.65. The molecule has 2 aromatic carbocycles. The van der Waals surface area contributed by atoms with E-state index in [0.717, 1.165) is 11.6 Å². The highest BCUT2D eigenvalue weighted by molar-refractivity contribution is 7.14. The van der Waals surface area contributed by atoms with E-state index in [0.29, 0.717) is 41.8 Å². The predicted molar refractivity (Wildman–Crippen MR) is 149 cm³/mol. The monoisotopic (exact) mass is 578 g/mol. The molecule has 1 amide bonds. The molecule has 0 spiro atoms. The molecule has 4 aromatic rings. The maximum atomic E-state index is 14.7. The molecule has 212 valence electrons. The number of ether oxygens (including phenoxy) is 2. The van der Waals surface area contributed by atoms with Gasteiger partial charge in [0.2, 0.25) is 5.43 Å². The van der Waals surface area contributed by atoms with E-state index in [-0.39, 0.29) is 41.6 Å². The van der Waals surface area contributed by atoms with Crippen molar-refractivity contribution in [2.45, 2.75) is 44.9 Å². The van der Waals surface area contributed by atoms with Gasteiger partial charge in [-0.05, 0) is 30.5 Å². The number of hydrogen-bond acceptors (Lipinski definition) is 7. The number of hydrogen-bond donors (Lipinski definition) is 0. The van der Waals surface area contributed by atoms with Crippen molar-refractivity contribution < 1.29 is 23.0 Å². The second-order valence-corrected chi connectivity index (χ2v) is 11.1. The molecule has 1 saturated heterocycles. The van der Waals surface area contributed by atoms with Gasteiger partial charge in [0, 0.05) is 24.7 Å². The number of aromatic nitrogens is 3. The first-order valence-electron chi connectivity index (χ1n) is 13.5. The third-order valence-electron chi connectivity index (χ3n) is 7.72. The Bertz CT molecular complexity index is 1660. The maximum Gasteiger partial charge on any atom is 0.274 e. The van der Waals surface area contributed by atoms with Crippen LogP contribution in [0.4, 0.5) is 8.78 Å². The molecule has 3 atom stereocenters. The Morgan fingerprint density at radius 1 is 1.07 bits per heavy atom. The molecule has 0 saturated carbocycles. The van der Waals surface area contributed by atoms with E-state index in [1.54, 1.807) is 15.7 Å². The van der Waals surface area contributed by atoms with E-state index in [2.05, 4.69) is 10.2 Å². The van der Waals surface area contributed by atoms with E-state index in [4.69, 9.17) is 9.47 Å². The number of rotatable bonds is 8. The van der Waals surface area contributed by atoms with Crippen LogP contribution in [0.1, 0.15) is 58.9 Å². The van der Waals surface area contributed by atoms with Crippen LogP contribution in [0.2, 0.25) is 0 Å². The molecule has 2 aliphatic rings. The molecule has 0 radical (unpaired) electrons. The van der Waals surface area contributed by atoms with Gasteiger partial charge in [0.15, 0.2) is 16.5 Å². The first kappa shape index (κ1) is 27.2. The molecule has 0 bridgehead atoms. The van der Waals surface area contributed by atoms with Crippen LogP contribution in [-0.2, 0) is 11.3 Å². The molecular formula is C30H28F2N4O4S. The van der Waals surface area contributed by atoms with Gasteiger partial charge in [0.1, 0.15) is 23.2 Å². The molecule has 1 fully saturated rings. The number of carbonyl (C=O) groups is 1. The second-order valence-electron chi connectivity index (χ2n) is 10.1. The highest BCUT2D eigenvalue weighted by Gasteiger charge is 2.45. The minimum absolute atomic E-state index is 0.0477. The fraction of sp³-hybridized carbons (Fsp3) is 0.333. The van der Waals surface area contributed by atoms with E-state index >= 15 is 0 Å². The van der Waals surface area contributed by atoms with Gasteiger partial charge in [-0.1, -0.05) is 54.7 Å². The number of amides is 1. The van der Waals surface area contributed by atoms with E-state index in [1.807, 2.05) is 44.2 Å². The topological polar surface area (TPSA) is 86.5 Å². The molecule has 3 unspecified atom stereocenters. The molecule has 2 aromatic heterocycles. The molecule has 2 aliphatic heterocycles. The Labute approximate surface area is 239 Å². The summed E-state index contributed by atoms with van der Waals surface area (Å²) in [7, 11) is 0. The van der Waals surface area contributed by atoms with Crippen molar-refractivity contribution in [1.82, 2.24) is 19.7 Å². The fourth-order valence-corrected chi connectivity index (χ4v) is 6.70. The molecule has 11 heteroatoms. The number of fused-ring (bicyclic) bond motifs is 3. The molecule has 0 N–H and O–H groups in total. The zero-order valence-electron chi connectivity index (χ0n) is 22.5. The largest absolute Gasteiger partial charge is 0.483 e. The number of carbonyl (C=O) groups excluding carboxylic acids is 1. The van der Waals surface area contributed by atoms with Crippen molar-refractivity contribution in [3.8, 4) is 16.3 Å². The summed E-state index contributed by atoms with van der Waals surface area (Å²) in [5.74, 6) is -2.13. The molecule has 6 rings (SSSR count). The summed E-state index contributed by atoms with van der Waals surface area (Å²) in [5.41, 5.74) is 1.10. The number of halogens is 2. The fourth-order valence-electron chi connectivity index (χ4n) is 5.65. The highest BCUT2D eigenvalue weighted by Crippen LogP contribution is 2.38. The van der Waals surface area contributed by atoms with Gasteiger partial charge in [0.05, 0.1) is 30.9 Å². The van der Waals surface area contributed by atoms with Crippen molar-refractivity contribution >= 4 is 17.2 Å². The lowest BCUT2D eigenvalue weighted by molar-refractivity contribution is 0.0568. The summed E-state index contributed by atoms with van der Waals surface area (Å²) >= 11 is 1.17. The van der Waals surface area contributed by atoms with Crippen molar-refractivity contribution in [2.75, 3.05) is 19.8 Å².